The van der Waals surface area contributed by atoms with Gasteiger partial charge in [-0.1, -0.05) is 12.1 Å². The van der Waals surface area contributed by atoms with Crippen molar-refractivity contribution in [1.82, 2.24) is 14.6 Å². The second kappa shape index (κ2) is 6.38. The van der Waals surface area contributed by atoms with Crippen molar-refractivity contribution in [3.8, 4) is 0 Å². The van der Waals surface area contributed by atoms with Gasteiger partial charge in [0.25, 0.3) is 0 Å². The van der Waals surface area contributed by atoms with Crippen molar-refractivity contribution in [3.63, 3.8) is 0 Å². The molecule has 23 heavy (non-hydrogen) atoms. The molecule has 0 saturated carbocycles. The summed E-state index contributed by atoms with van der Waals surface area (Å²) in [5.41, 5.74) is 6.26. The topological polar surface area (TPSA) is 62.5 Å². The number of nitrogens with one attached hydrogen (secondary N) is 1. The molecule has 1 unspecified atom stereocenters. The maximum Gasteiger partial charge on any atom is 0.155 e. The number of aliphatic hydroxyl groups excluding tert-OH is 1. The van der Waals surface area contributed by atoms with Crippen LogP contribution in [0, 0.1) is 13.8 Å². The third-order valence-corrected chi connectivity index (χ3v) is 4.09. The van der Waals surface area contributed by atoms with E-state index in [9.17, 15) is 0 Å². The lowest BCUT2D eigenvalue weighted by Crippen LogP contribution is -2.11. The lowest BCUT2D eigenvalue weighted by Gasteiger charge is -2.18. The van der Waals surface area contributed by atoms with Gasteiger partial charge in [0, 0.05) is 35.8 Å². The Labute approximate surface area is 136 Å². The third kappa shape index (κ3) is 3.19. The Bertz CT molecular complexity index is 808. The summed E-state index contributed by atoms with van der Waals surface area (Å²) in [7, 11) is 0. The third-order valence-electron chi connectivity index (χ3n) is 4.09. The number of benzene rings is 1. The van der Waals surface area contributed by atoms with Crippen LogP contribution in [0.3, 0.4) is 0 Å². The predicted molar refractivity (Wildman–Crippen MR) is 91.7 cm³/mol. The van der Waals surface area contributed by atoms with Gasteiger partial charge in [-0.2, -0.15) is 5.10 Å². The molecule has 0 radical (unpaired) electrons. The van der Waals surface area contributed by atoms with E-state index in [1.54, 1.807) is 0 Å². The molecule has 0 spiro atoms. The Hall–Kier alpha value is -2.40. The van der Waals surface area contributed by atoms with Crippen LogP contribution in [0.1, 0.15) is 35.5 Å². The molecule has 0 saturated heterocycles. The van der Waals surface area contributed by atoms with Crippen molar-refractivity contribution >= 4 is 11.3 Å². The molecule has 2 N–H and O–H groups in total. The Balaban J connectivity index is 1.82. The quantitative estimate of drug-likeness (QED) is 0.760. The largest absolute Gasteiger partial charge is 0.396 e. The summed E-state index contributed by atoms with van der Waals surface area (Å²) in [5, 5.41) is 17.0. The number of aromatic nitrogens is 3. The molecular weight excluding hydrogens is 288 g/mol. The van der Waals surface area contributed by atoms with Gasteiger partial charge in [0.2, 0.25) is 0 Å². The smallest absolute Gasteiger partial charge is 0.155 e. The van der Waals surface area contributed by atoms with E-state index in [0.29, 0.717) is 6.42 Å². The number of hydrogen-bond acceptors (Lipinski definition) is 4. The maximum atomic E-state index is 8.97. The first kappa shape index (κ1) is 15.5. The first-order valence-corrected chi connectivity index (χ1v) is 7.86. The molecular formula is C18H22N4O. The molecule has 3 aromatic rings. The van der Waals surface area contributed by atoms with Crippen LogP contribution in [0.5, 0.6) is 0 Å². The van der Waals surface area contributed by atoms with Gasteiger partial charge in [0.05, 0.1) is 11.7 Å². The van der Waals surface area contributed by atoms with Crippen molar-refractivity contribution in [3.05, 3.63) is 59.0 Å². The van der Waals surface area contributed by atoms with Gasteiger partial charge in [-0.25, -0.2) is 9.50 Å². The highest BCUT2D eigenvalue weighted by molar-refractivity contribution is 5.48. The average molecular weight is 310 g/mol. The van der Waals surface area contributed by atoms with Crippen molar-refractivity contribution in [2.45, 2.75) is 33.2 Å². The van der Waals surface area contributed by atoms with E-state index in [2.05, 4.69) is 29.2 Å². The Morgan fingerprint density at radius 1 is 1.22 bits per heavy atom. The zero-order valence-corrected chi connectivity index (χ0v) is 13.7. The fourth-order valence-electron chi connectivity index (χ4n) is 2.83. The first-order valence-electron chi connectivity index (χ1n) is 7.86. The van der Waals surface area contributed by atoms with E-state index in [1.165, 1.54) is 0 Å². The molecule has 5 heteroatoms. The van der Waals surface area contributed by atoms with Gasteiger partial charge in [0.15, 0.2) is 5.65 Å². The van der Waals surface area contributed by atoms with E-state index in [4.69, 9.17) is 5.11 Å². The molecule has 1 aromatic carbocycles. The summed E-state index contributed by atoms with van der Waals surface area (Å²) in [6.07, 6.45) is 2.61. The minimum absolute atomic E-state index is 0.125. The molecule has 3 rings (SSSR count). The Morgan fingerprint density at radius 3 is 2.65 bits per heavy atom. The zero-order valence-electron chi connectivity index (χ0n) is 13.7. The SMILES string of the molecule is Cc1cc2ncc(C(C)Nc3ccc(CCO)cc3)c(C)n2n1. The molecule has 0 aliphatic carbocycles. The number of aliphatic hydroxyl groups is 1. The number of rotatable bonds is 5. The van der Waals surface area contributed by atoms with Crippen LogP contribution in [-0.2, 0) is 6.42 Å². The van der Waals surface area contributed by atoms with Crippen molar-refractivity contribution in [2.75, 3.05) is 11.9 Å². The van der Waals surface area contributed by atoms with E-state index >= 15 is 0 Å². The summed E-state index contributed by atoms with van der Waals surface area (Å²) >= 11 is 0. The van der Waals surface area contributed by atoms with Crippen LogP contribution in [0.25, 0.3) is 5.65 Å². The van der Waals surface area contributed by atoms with Gasteiger partial charge in [-0.15, -0.1) is 0 Å². The molecule has 0 amide bonds. The number of anilines is 1. The standard InChI is InChI=1S/C18H22N4O/c1-12-10-18-19-11-17(14(3)22(18)21-12)13(2)20-16-6-4-15(5-7-16)8-9-23/h4-7,10-11,13,20,23H,8-9H2,1-3H3. The molecule has 0 aliphatic heterocycles. The lowest BCUT2D eigenvalue weighted by molar-refractivity contribution is 0.299. The van der Waals surface area contributed by atoms with Crippen molar-refractivity contribution in [1.29, 1.82) is 0 Å². The second-order valence-electron chi connectivity index (χ2n) is 5.89. The Morgan fingerprint density at radius 2 is 1.96 bits per heavy atom. The van der Waals surface area contributed by atoms with Crippen LogP contribution in [0.2, 0.25) is 0 Å². The zero-order chi connectivity index (χ0) is 16.4. The summed E-state index contributed by atoms with van der Waals surface area (Å²) in [5.74, 6) is 0. The second-order valence-corrected chi connectivity index (χ2v) is 5.89. The van der Waals surface area contributed by atoms with Gasteiger partial charge in [-0.3, -0.25) is 0 Å². The minimum atomic E-state index is 0.125. The van der Waals surface area contributed by atoms with Crippen molar-refractivity contribution < 1.29 is 5.11 Å². The molecule has 2 heterocycles. The maximum absolute atomic E-state index is 8.97. The predicted octanol–water partition coefficient (Wildman–Crippen LogP) is 3.05. The fourth-order valence-corrected chi connectivity index (χ4v) is 2.83. The number of hydrogen-bond donors (Lipinski definition) is 2. The minimum Gasteiger partial charge on any atom is -0.396 e. The number of fused-ring (bicyclic) bond motifs is 1. The molecule has 1 atom stereocenters. The fraction of sp³-hybridized carbons (Fsp3) is 0.333. The molecule has 0 fully saturated rings. The summed E-state index contributed by atoms with van der Waals surface area (Å²) in [6.45, 7) is 6.34. The Kier molecular flexibility index (Phi) is 4.30. The first-order chi connectivity index (χ1) is 11.1. The monoisotopic (exact) mass is 310 g/mol. The molecule has 0 aliphatic rings. The normalized spacial score (nSPS) is 12.5. The van der Waals surface area contributed by atoms with Crippen LogP contribution < -0.4 is 5.32 Å². The van der Waals surface area contributed by atoms with Crippen LogP contribution >= 0.6 is 0 Å². The van der Waals surface area contributed by atoms with Crippen molar-refractivity contribution in [2.24, 2.45) is 0 Å². The molecule has 5 nitrogen and oxygen atoms in total. The van der Waals surface area contributed by atoms with Crippen LogP contribution in [-0.4, -0.2) is 26.3 Å². The number of nitrogens with zero attached hydrogens (tertiary/aromatic N) is 3. The highest BCUT2D eigenvalue weighted by Gasteiger charge is 2.13. The van der Waals surface area contributed by atoms with Crippen LogP contribution in [0.4, 0.5) is 5.69 Å². The summed E-state index contributed by atoms with van der Waals surface area (Å²) in [6, 6.07) is 10.3. The van der Waals surface area contributed by atoms with E-state index in [-0.39, 0.29) is 12.6 Å². The summed E-state index contributed by atoms with van der Waals surface area (Å²) in [4.78, 5) is 4.50. The van der Waals surface area contributed by atoms with Gasteiger partial charge in [-0.05, 0) is 44.9 Å². The van der Waals surface area contributed by atoms with Gasteiger partial charge < -0.3 is 10.4 Å². The van der Waals surface area contributed by atoms with E-state index < -0.39 is 0 Å². The van der Waals surface area contributed by atoms with Crippen LogP contribution in [0.15, 0.2) is 36.5 Å². The average Bonchev–Trinajstić information content (AvgIpc) is 2.91. The molecule has 2 aromatic heterocycles. The number of aryl methyl sites for hydroxylation is 2. The highest BCUT2D eigenvalue weighted by Crippen LogP contribution is 2.22. The molecule has 120 valence electrons. The lowest BCUT2D eigenvalue weighted by atomic mass is 10.1. The van der Waals surface area contributed by atoms with E-state index in [1.807, 2.05) is 48.0 Å². The van der Waals surface area contributed by atoms with Gasteiger partial charge in [0.1, 0.15) is 0 Å². The van der Waals surface area contributed by atoms with E-state index in [0.717, 1.165) is 33.8 Å². The van der Waals surface area contributed by atoms with Gasteiger partial charge >= 0.3 is 0 Å². The highest BCUT2D eigenvalue weighted by atomic mass is 16.2. The summed E-state index contributed by atoms with van der Waals surface area (Å²) < 4.78 is 1.90. The molecule has 0 bridgehead atoms.